The summed E-state index contributed by atoms with van der Waals surface area (Å²) >= 11 is 0. The fraction of sp³-hybridized carbons (Fsp3) is 0.333. The molecule has 0 unspecified atom stereocenters. The molecule has 142 valence electrons. The van der Waals surface area contributed by atoms with E-state index in [1.807, 2.05) is 22.7 Å². The lowest BCUT2D eigenvalue weighted by Gasteiger charge is -2.09. The molecule has 0 amide bonds. The van der Waals surface area contributed by atoms with Gasteiger partial charge in [-0.25, -0.2) is 18.4 Å². The van der Waals surface area contributed by atoms with Crippen LogP contribution >= 0.6 is 0 Å². The number of benzene rings is 1. The first-order valence-electron chi connectivity index (χ1n) is 8.90. The Kier molecular flexibility index (Phi) is 4.71. The van der Waals surface area contributed by atoms with Crippen LogP contribution in [0.15, 0.2) is 42.9 Å². The Morgan fingerprint density at radius 3 is 2.67 bits per heavy atom. The van der Waals surface area contributed by atoms with Gasteiger partial charge in [0.25, 0.3) is 0 Å². The summed E-state index contributed by atoms with van der Waals surface area (Å²) in [5, 5.41) is 6.23. The van der Waals surface area contributed by atoms with Crippen molar-refractivity contribution in [2.45, 2.75) is 18.9 Å². The van der Waals surface area contributed by atoms with Crippen molar-refractivity contribution in [3.05, 3.63) is 42.9 Å². The average Bonchev–Trinajstić information content (AvgIpc) is 3.38. The largest absolute Gasteiger partial charge is 0.370 e. The van der Waals surface area contributed by atoms with Gasteiger partial charge in [-0.2, -0.15) is 0 Å². The molecule has 1 aliphatic rings. The van der Waals surface area contributed by atoms with E-state index in [0.717, 1.165) is 29.7 Å². The van der Waals surface area contributed by atoms with Gasteiger partial charge < -0.3 is 10.6 Å². The van der Waals surface area contributed by atoms with Crippen LogP contribution in [0.3, 0.4) is 0 Å². The summed E-state index contributed by atoms with van der Waals surface area (Å²) in [6.45, 7) is 0.474. The molecule has 0 aliphatic heterocycles. The number of aromatic nitrogens is 3. The maximum atomic E-state index is 12.2. The summed E-state index contributed by atoms with van der Waals surface area (Å²) in [5.41, 5.74) is 3.14. The Morgan fingerprint density at radius 1 is 1.19 bits per heavy atom. The summed E-state index contributed by atoms with van der Waals surface area (Å²) in [6, 6.07) is 7.79. The highest BCUT2D eigenvalue weighted by molar-refractivity contribution is 7.92. The van der Waals surface area contributed by atoms with Gasteiger partial charge in [0.05, 0.1) is 17.6 Å². The summed E-state index contributed by atoms with van der Waals surface area (Å²) in [4.78, 5) is 8.67. The van der Waals surface area contributed by atoms with Gasteiger partial charge in [-0.15, -0.1) is 0 Å². The zero-order valence-corrected chi connectivity index (χ0v) is 15.8. The lowest BCUT2D eigenvalue weighted by atomic mass is 10.1. The molecule has 2 aromatic heterocycles. The smallest absolute Gasteiger partial charge is 0.233 e. The van der Waals surface area contributed by atoms with Crippen LogP contribution in [0, 0.1) is 0 Å². The molecule has 4 rings (SSSR count). The fourth-order valence-corrected chi connectivity index (χ4v) is 3.92. The van der Waals surface area contributed by atoms with Crippen molar-refractivity contribution in [1.82, 2.24) is 19.7 Å². The second-order valence-corrected chi connectivity index (χ2v) is 8.43. The molecule has 0 bridgehead atoms. The Hall–Kier alpha value is -2.65. The first-order valence-corrected chi connectivity index (χ1v) is 10.5. The van der Waals surface area contributed by atoms with Crippen LogP contribution < -0.4 is 15.4 Å². The van der Waals surface area contributed by atoms with E-state index in [2.05, 4.69) is 25.3 Å². The molecule has 0 saturated heterocycles. The van der Waals surface area contributed by atoms with E-state index in [9.17, 15) is 8.42 Å². The number of sulfonamides is 1. The van der Waals surface area contributed by atoms with Gasteiger partial charge in [-0.3, -0.25) is 9.12 Å². The van der Waals surface area contributed by atoms with E-state index in [1.54, 1.807) is 31.6 Å². The molecule has 0 radical (unpaired) electrons. The van der Waals surface area contributed by atoms with Gasteiger partial charge >= 0.3 is 0 Å². The third kappa shape index (κ3) is 4.04. The number of fused-ring (bicyclic) bond motifs is 1. The monoisotopic (exact) mass is 386 g/mol. The van der Waals surface area contributed by atoms with E-state index in [1.165, 1.54) is 0 Å². The highest BCUT2D eigenvalue weighted by atomic mass is 32.2. The minimum Gasteiger partial charge on any atom is -0.370 e. The van der Waals surface area contributed by atoms with Crippen LogP contribution in [-0.4, -0.2) is 48.2 Å². The Bertz CT molecular complexity index is 1040. The molecule has 9 heteroatoms. The number of nitrogens with one attached hydrogen (secondary N) is 3. The van der Waals surface area contributed by atoms with E-state index in [0.29, 0.717) is 24.1 Å². The quantitative estimate of drug-likeness (QED) is 0.547. The molecule has 1 fully saturated rings. The van der Waals surface area contributed by atoms with Gasteiger partial charge in [0.2, 0.25) is 10.0 Å². The minimum absolute atomic E-state index is 0.0678. The van der Waals surface area contributed by atoms with Gasteiger partial charge in [-0.05, 0) is 25.0 Å². The van der Waals surface area contributed by atoms with E-state index in [4.69, 9.17) is 0 Å². The predicted octanol–water partition coefficient (Wildman–Crippen LogP) is 1.93. The van der Waals surface area contributed by atoms with Crippen LogP contribution in [0.25, 0.3) is 16.9 Å². The van der Waals surface area contributed by atoms with Crippen molar-refractivity contribution in [1.29, 1.82) is 0 Å². The van der Waals surface area contributed by atoms with Crippen LogP contribution in [0.4, 0.5) is 11.5 Å². The zero-order chi connectivity index (χ0) is 18.9. The number of hydrogen-bond acceptors (Lipinski definition) is 6. The second-order valence-electron chi connectivity index (χ2n) is 6.59. The molecule has 27 heavy (non-hydrogen) atoms. The molecule has 0 atom stereocenters. The van der Waals surface area contributed by atoms with Crippen LogP contribution in [0.5, 0.6) is 0 Å². The maximum absolute atomic E-state index is 12.2. The molecular formula is C18H22N6O2S. The summed E-state index contributed by atoms with van der Waals surface area (Å²) in [7, 11) is -1.56. The predicted molar refractivity (Wildman–Crippen MR) is 106 cm³/mol. The third-order valence-corrected chi connectivity index (χ3v) is 5.79. The summed E-state index contributed by atoms with van der Waals surface area (Å²) in [6.07, 6.45) is 7.62. The molecule has 1 aliphatic carbocycles. The number of anilines is 2. The van der Waals surface area contributed by atoms with E-state index >= 15 is 0 Å². The van der Waals surface area contributed by atoms with Crippen LogP contribution in [0.2, 0.25) is 0 Å². The molecule has 1 aromatic carbocycles. The van der Waals surface area contributed by atoms with Crippen molar-refractivity contribution < 1.29 is 8.42 Å². The normalized spacial score (nSPS) is 14.4. The first kappa shape index (κ1) is 17.7. The number of nitrogens with zero attached hydrogens (tertiary/aromatic N) is 3. The van der Waals surface area contributed by atoms with E-state index < -0.39 is 10.0 Å². The Morgan fingerprint density at radius 2 is 1.96 bits per heavy atom. The fourth-order valence-electron chi connectivity index (χ4n) is 2.93. The molecule has 0 spiro atoms. The van der Waals surface area contributed by atoms with Crippen molar-refractivity contribution in [3.63, 3.8) is 0 Å². The minimum atomic E-state index is -3.36. The Balaban J connectivity index is 1.49. The van der Waals surface area contributed by atoms with Gasteiger partial charge in [0.15, 0.2) is 11.5 Å². The van der Waals surface area contributed by atoms with Crippen molar-refractivity contribution >= 4 is 27.2 Å². The van der Waals surface area contributed by atoms with Crippen molar-refractivity contribution in [3.8, 4) is 11.3 Å². The first-order chi connectivity index (χ1) is 13.1. The van der Waals surface area contributed by atoms with Gasteiger partial charge in [0, 0.05) is 43.3 Å². The standard InChI is InChI=1S/C18H22N6O2S/c1-19-17-18-22-12-16(24(18)10-8-21-17)13-2-4-15(5-3-13)23-27(25,26)11-9-20-14-6-7-14/h2-5,8,10,12,14,20,23H,6-7,9,11H2,1H3,(H,19,21). The summed E-state index contributed by atoms with van der Waals surface area (Å²) in [5.74, 6) is 0.770. The second kappa shape index (κ2) is 7.16. The van der Waals surface area contributed by atoms with Crippen LogP contribution in [0.1, 0.15) is 12.8 Å². The molecule has 3 N–H and O–H groups in total. The maximum Gasteiger partial charge on any atom is 0.233 e. The molecule has 3 aromatic rings. The van der Waals surface area contributed by atoms with Crippen LogP contribution in [-0.2, 0) is 10.0 Å². The van der Waals surface area contributed by atoms with Gasteiger partial charge in [-0.1, -0.05) is 12.1 Å². The number of rotatable bonds is 8. The lowest BCUT2D eigenvalue weighted by Crippen LogP contribution is -2.27. The molecule has 1 saturated carbocycles. The van der Waals surface area contributed by atoms with E-state index in [-0.39, 0.29) is 5.75 Å². The van der Waals surface area contributed by atoms with Crippen molar-refractivity contribution in [2.75, 3.05) is 29.4 Å². The highest BCUT2D eigenvalue weighted by Gasteiger charge is 2.21. The number of imidazole rings is 1. The number of hydrogen-bond donors (Lipinski definition) is 3. The average molecular weight is 386 g/mol. The molecule has 8 nitrogen and oxygen atoms in total. The Labute approximate surface area is 158 Å². The highest BCUT2D eigenvalue weighted by Crippen LogP contribution is 2.25. The summed E-state index contributed by atoms with van der Waals surface area (Å²) < 4.78 is 28.9. The zero-order valence-electron chi connectivity index (χ0n) is 15.0. The van der Waals surface area contributed by atoms with Crippen molar-refractivity contribution in [2.24, 2.45) is 0 Å². The SMILES string of the molecule is CNc1nccn2c(-c3ccc(NS(=O)(=O)CCNC4CC4)cc3)cnc12. The lowest BCUT2D eigenvalue weighted by molar-refractivity contribution is 0.595. The topological polar surface area (TPSA) is 100 Å². The molecular weight excluding hydrogens is 364 g/mol. The molecule has 2 heterocycles. The van der Waals surface area contributed by atoms with Gasteiger partial charge in [0.1, 0.15) is 0 Å². The third-order valence-electron chi connectivity index (χ3n) is 4.50.